The minimum Gasteiger partial charge on any atom is -0.497 e. The van der Waals surface area contributed by atoms with Crippen LogP contribution in [0, 0.1) is 0 Å². The molecule has 3 aromatic rings. The number of methoxy groups -OCH3 is 1. The maximum absolute atomic E-state index is 13.0. The van der Waals surface area contributed by atoms with Gasteiger partial charge in [-0.05, 0) is 24.3 Å². The zero-order valence-corrected chi connectivity index (χ0v) is 16.0. The van der Waals surface area contributed by atoms with Gasteiger partial charge in [-0.2, -0.15) is 9.67 Å². The van der Waals surface area contributed by atoms with Gasteiger partial charge in [0.1, 0.15) is 12.3 Å². The van der Waals surface area contributed by atoms with Crippen molar-refractivity contribution in [1.82, 2.24) is 14.3 Å². The average molecular weight is 393 g/mol. The molecule has 0 aliphatic carbocycles. The quantitative estimate of drug-likeness (QED) is 0.658. The molecule has 0 radical (unpaired) electrons. The van der Waals surface area contributed by atoms with E-state index >= 15 is 0 Å². The van der Waals surface area contributed by atoms with Crippen LogP contribution in [0.2, 0.25) is 0 Å². The van der Waals surface area contributed by atoms with Crippen LogP contribution in [-0.2, 0) is 17.9 Å². The van der Waals surface area contributed by atoms with Crippen molar-refractivity contribution in [3.63, 3.8) is 0 Å². The first kappa shape index (κ1) is 18.5. The normalized spacial score (nSPS) is 12.8. The molecule has 2 amide bonds. The number of likely N-dealkylation sites (N-methyl/N-ethyl adjacent to an activating group) is 1. The largest absolute Gasteiger partial charge is 0.497 e. The highest BCUT2D eigenvalue weighted by molar-refractivity contribution is 5.96. The van der Waals surface area contributed by atoms with E-state index in [-0.39, 0.29) is 24.8 Å². The first-order chi connectivity index (χ1) is 14.0. The summed E-state index contributed by atoms with van der Waals surface area (Å²) in [7, 11) is 3.16. The minimum atomic E-state index is -0.631. The molecule has 0 atom stereocenters. The third-order valence-corrected chi connectivity index (χ3v) is 4.81. The van der Waals surface area contributed by atoms with Gasteiger partial charge in [0.05, 0.1) is 13.7 Å². The Morgan fingerprint density at radius 2 is 1.90 bits per heavy atom. The van der Waals surface area contributed by atoms with Crippen molar-refractivity contribution in [3.05, 3.63) is 70.9 Å². The van der Waals surface area contributed by atoms with E-state index < -0.39 is 11.7 Å². The molecule has 1 aliphatic heterocycles. The van der Waals surface area contributed by atoms with Gasteiger partial charge < -0.3 is 9.64 Å². The van der Waals surface area contributed by atoms with Crippen LogP contribution in [-0.4, -0.2) is 40.4 Å². The lowest BCUT2D eigenvalue weighted by molar-refractivity contribution is -0.119. The summed E-state index contributed by atoms with van der Waals surface area (Å²) in [5.41, 5.74) is 0.677. The fraction of sp³-hybridized carbons (Fsp3) is 0.200. The van der Waals surface area contributed by atoms with Crippen molar-refractivity contribution < 1.29 is 14.3 Å². The molecule has 0 bridgehead atoms. The molecule has 0 saturated heterocycles. The van der Waals surface area contributed by atoms with Crippen molar-refractivity contribution in [2.45, 2.75) is 13.1 Å². The summed E-state index contributed by atoms with van der Waals surface area (Å²) < 4.78 is 7.44. The molecule has 29 heavy (non-hydrogen) atoms. The molecule has 0 saturated carbocycles. The molecular weight excluding hydrogens is 374 g/mol. The number of nitrogens with zero attached hydrogens (tertiary/aromatic N) is 5. The molecule has 9 nitrogen and oxygen atoms in total. The number of aromatic nitrogens is 3. The number of rotatable bonds is 5. The van der Waals surface area contributed by atoms with Crippen molar-refractivity contribution in [3.8, 4) is 5.75 Å². The van der Waals surface area contributed by atoms with Crippen LogP contribution in [0.4, 0.5) is 16.2 Å². The molecule has 0 spiro atoms. The molecule has 1 aromatic heterocycles. The third kappa shape index (κ3) is 3.27. The topological polar surface area (TPSA) is 89.7 Å². The monoisotopic (exact) mass is 393 g/mol. The Labute approximate surface area is 166 Å². The standard InChI is InChI=1S/C20H19N5O4/c1-22(14-7-4-3-5-8-14)18(26)13-24-19(27)21-17-12-23(20(28)25(17)24)15-9-6-10-16(11-15)29-2/h3-11H,12-13H2,1-2H3. The highest BCUT2D eigenvalue weighted by atomic mass is 16.5. The van der Waals surface area contributed by atoms with Gasteiger partial charge in [-0.15, -0.1) is 0 Å². The summed E-state index contributed by atoms with van der Waals surface area (Å²) in [6, 6.07) is 15.7. The van der Waals surface area contributed by atoms with Gasteiger partial charge >= 0.3 is 11.7 Å². The number of para-hydroxylation sites is 1. The van der Waals surface area contributed by atoms with Crippen LogP contribution in [0.1, 0.15) is 5.82 Å². The number of fused-ring (bicyclic) bond motifs is 1. The van der Waals surface area contributed by atoms with E-state index in [0.29, 0.717) is 17.1 Å². The summed E-state index contributed by atoms with van der Waals surface area (Å²) in [6.45, 7) is -0.161. The van der Waals surface area contributed by atoms with Crippen LogP contribution in [0.5, 0.6) is 5.75 Å². The summed E-state index contributed by atoms with van der Waals surface area (Å²) in [5.74, 6) is 0.559. The lowest BCUT2D eigenvalue weighted by Gasteiger charge is -2.19. The minimum absolute atomic E-state index is 0.136. The van der Waals surface area contributed by atoms with E-state index in [1.165, 1.54) is 14.5 Å². The Balaban J connectivity index is 1.61. The Morgan fingerprint density at radius 3 is 2.62 bits per heavy atom. The third-order valence-electron chi connectivity index (χ3n) is 4.81. The van der Waals surface area contributed by atoms with Crippen molar-refractivity contribution in [2.24, 2.45) is 0 Å². The van der Waals surface area contributed by atoms with Crippen LogP contribution >= 0.6 is 0 Å². The molecule has 148 valence electrons. The summed E-state index contributed by atoms with van der Waals surface area (Å²) >= 11 is 0. The first-order valence-corrected chi connectivity index (χ1v) is 8.96. The van der Waals surface area contributed by atoms with Gasteiger partial charge in [-0.25, -0.2) is 14.3 Å². The van der Waals surface area contributed by atoms with Gasteiger partial charge in [0, 0.05) is 24.5 Å². The van der Waals surface area contributed by atoms with Gasteiger partial charge in [-0.1, -0.05) is 24.3 Å². The maximum Gasteiger partial charge on any atom is 0.365 e. The van der Waals surface area contributed by atoms with E-state index in [1.54, 1.807) is 50.6 Å². The van der Waals surface area contributed by atoms with Gasteiger partial charge in [0.2, 0.25) is 5.91 Å². The molecule has 9 heteroatoms. The smallest absolute Gasteiger partial charge is 0.365 e. The zero-order valence-electron chi connectivity index (χ0n) is 16.0. The number of ether oxygens (including phenoxy) is 1. The lowest BCUT2D eigenvalue weighted by Crippen LogP contribution is -2.39. The second-order valence-electron chi connectivity index (χ2n) is 6.54. The number of hydrogen-bond acceptors (Lipinski definition) is 5. The fourth-order valence-corrected chi connectivity index (χ4v) is 3.23. The Morgan fingerprint density at radius 1 is 1.14 bits per heavy atom. The van der Waals surface area contributed by atoms with E-state index in [2.05, 4.69) is 4.98 Å². The predicted octanol–water partition coefficient (Wildman–Crippen LogP) is 1.70. The zero-order chi connectivity index (χ0) is 20.5. The number of anilines is 2. The lowest BCUT2D eigenvalue weighted by atomic mass is 10.3. The van der Waals surface area contributed by atoms with Crippen LogP contribution in [0.25, 0.3) is 0 Å². The maximum atomic E-state index is 13.0. The van der Waals surface area contributed by atoms with E-state index in [1.807, 2.05) is 18.2 Å². The fourth-order valence-electron chi connectivity index (χ4n) is 3.23. The molecule has 1 aliphatic rings. The molecule has 2 heterocycles. The molecule has 2 aromatic carbocycles. The number of hydrogen-bond donors (Lipinski definition) is 0. The molecule has 0 unspecified atom stereocenters. The van der Waals surface area contributed by atoms with Crippen molar-refractivity contribution >= 4 is 23.3 Å². The summed E-state index contributed by atoms with van der Waals surface area (Å²) in [5, 5.41) is 0. The second kappa shape index (κ2) is 7.27. The Hall–Kier alpha value is -3.88. The second-order valence-corrected chi connectivity index (χ2v) is 6.54. The van der Waals surface area contributed by atoms with Gasteiger partial charge in [0.15, 0.2) is 5.82 Å². The van der Waals surface area contributed by atoms with Crippen molar-refractivity contribution in [1.29, 1.82) is 0 Å². The average Bonchev–Trinajstić information content (AvgIpc) is 3.23. The van der Waals surface area contributed by atoms with Crippen LogP contribution in [0.3, 0.4) is 0 Å². The molecule has 0 N–H and O–H groups in total. The molecule has 0 fully saturated rings. The van der Waals surface area contributed by atoms with Crippen LogP contribution < -0.4 is 20.2 Å². The summed E-state index contributed by atoms with van der Waals surface area (Å²) in [6.07, 6.45) is 0. The number of carbonyl (C=O) groups excluding carboxylic acids is 2. The van der Waals surface area contributed by atoms with E-state index in [0.717, 1.165) is 4.68 Å². The van der Waals surface area contributed by atoms with Crippen molar-refractivity contribution in [2.75, 3.05) is 24.0 Å². The molecule has 4 rings (SSSR count). The number of benzene rings is 2. The highest BCUT2D eigenvalue weighted by Crippen LogP contribution is 2.26. The SMILES string of the molecule is COc1cccc(N2Cc3nc(=O)n(CC(=O)N(C)c4ccccc4)n3C2=O)c1. The Kier molecular flexibility index (Phi) is 4.63. The molecular formula is C20H19N5O4. The van der Waals surface area contributed by atoms with E-state index in [9.17, 15) is 14.4 Å². The number of carbonyl (C=O) groups is 2. The van der Waals surface area contributed by atoms with Gasteiger partial charge in [0.25, 0.3) is 0 Å². The highest BCUT2D eigenvalue weighted by Gasteiger charge is 2.34. The Bertz CT molecular complexity index is 1140. The summed E-state index contributed by atoms with van der Waals surface area (Å²) in [4.78, 5) is 44.8. The van der Waals surface area contributed by atoms with Gasteiger partial charge in [-0.3, -0.25) is 9.69 Å². The first-order valence-electron chi connectivity index (χ1n) is 8.96. The number of amides is 2. The van der Waals surface area contributed by atoms with E-state index in [4.69, 9.17) is 4.74 Å². The predicted molar refractivity (Wildman–Crippen MR) is 106 cm³/mol. The van der Waals surface area contributed by atoms with Crippen LogP contribution in [0.15, 0.2) is 59.4 Å².